The first-order chi connectivity index (χ1) is 7.19. The maximum atomic E-state index is 5.57. The van der Waals surface area contributed by atoms with E-state index in [9.17, 15) is 0 Å². The molecule has 2 rings (SSSR count). The van der Waals surface area contributed by atoms with E-state index in [0.29, 0.717) is 5.41 Å². The smallest absolute Gasteiger partial charge is 0.0105 e. The molecule has 1 unspecified atom stereocenters. The van der Waals surface area contributed by atoms with Crippen LogP contribution in [0.1, 0.15) is 26.7 Å². The summed E-state index contributed by atoms with van der Waals surface area (Å²) in [5.41, 5.74) is 6.21. The van der Waals surface area contributed by atoms with Gasteiger partial charge in [0.05, 0.1) is 0 Å². The minimum Gasteiger partial charge on any atom is -0.329 e. The first-order valence-corrected chi connectivity index (χ1v) is 6.35. The van der Waals surface area contributed by atoms with Gasteiger partial charge in [-0.05, 0) is 26.3 Å². The van der Waals surface area contributed by atoms with E-state index in [4.69, 9.17) is 5.73 Å². The molecule has 2 heterocycles. The SMILES string of the molecule is CCC(C)N1CCC2(CN(CCN)C2)C1. The molecule has 0 aromatic carbocycles. The van der Waals surface area contributed by atoms with Crippen molar-refractivity contribution in [3.8, 4) is 0 Å². The van der Waals surface area contributed by atoms with Crippen molar-refractivity contribution in [1.29, 1.82) is 0 Å². The third-order valence-corrected chi connectivity index (χ3v) is 4.25. The first kappa shape index (κ1) is 11.4. The summed E-state index contributed by atoms with van der Waals surface area (Å²) in [6.07, 6.45) is 2.68. The second kappa shape index (κ2) is 4.40. The maximum absolute atomic E-state index is 5.57. The predicted octanol–water partition coefficient (Wildman–Crippen LogP) is 0.751. The molecule has 2 aliphatic heterocycles. The summed E-state index contributed by atoms with van der Waals surface area (Å²) < 4.78 is 0. The normalized spacial score (nSPS) is 28.2. The average molecular weight is 211 g/mol. The summed E-state index contributed by atoms with van der Waals surface area (Å²) in [5.74, 6) is 0. The van der Waals surface area contributed by atoms with Crippen LogP contribution in [0.5, 0.6) is 0 Å². The van der Waals surface area contributed by atoms with Crippen LogP contribution in [0.2, 0.25) is 0 Å². The van der Waals surface area contributed by atoms with E-state index in [1.54, 1.807) is 0 Å². The van der Waals surface area contributed by atoms with E-state index in [1.807, 2.05) is 0 Å². The lowest BCUT2D eigenvalue weighted by Gasteiger charge is -2.48. The van der Waals surface area contributed by atoms with Crippen LogP contribution in [0.25, 0.3) is 0 Å². The Labute approximate surface area is 93.6 Å². The third-order valence-electron chi connectivity index (χ3n) is 4.25. The summed E-state index contributed by atoms with van der Waals surface area (Å²) in [4.78, 5) is 5.17. The van der Waals surface area contributed by atoms with Crippen LogP contribution in [-0.4, -0.2) is 55.1 Å². The molecule has 2 saturated heterocycles. The number of likely N-dealkylation sites (tertiary alicyclic amines) is 2. The van der Waals surface area contributed by atoms with Gasteiger partial charge in [-0.2, -0.15) is 0 Å². The van der Waals surface area contributed by atoms with Crippen LogP contribution >= 0.6 is 0 Å². The molecule has 0 aromatic heterocycles. The molecule has 2 fully saturated rings. The molecule has 15 heavy (non-hydrogen) atoms. The molecule has 3 heteroatoms. The van der Waals surface area contributed by atoms with E-state index in [2.05, 4.69) is 23.6 Å². The van der Waals surface area contributed by atoms with Crippen molar-refractivity contribution < 1.29 is 0 Å². The summed E-state index contributed by atoms with van der Waals surface area (Å²) in [6.45, 7) is 11.8. The monoisotopic (exact) mass is 211 g/mol. The van der Waals surface area contributed by atoms with Gasteiger partial charge in [0.2, 0.25) is 0 Å². The quantitative estimate of drug-likeness (QED) is 0.745. The van der Waals surface area contributed by atoms with Crippen LogP contribution in [0.15, 0.2) is 0 Å². The minimum atomic E-state index is 0.638. The highest BCUT2D eigenvalue weighted by atomic mass is 15.3. The second-order valence-electron chi connectivity index (χ2n) is 5.48. The van der Waals surface area contributed by atoms with Crippen molar-refractivity contribution in [2.75, 3.05) is 39.3 Å². The van der Waals surface area contributed by atoms with Crippen molar-refractivity contribution in [3.05, 3.63) is 0 Å². The number of nitrogens with zero attached hydrogens (tertiary/aromatic N) is 2. The van der Waals surface area contributed by atoms with Gasteiger partial charge in [0.25, 0.3) is 0 Å². The lowest BCUT2D eigenvalue weighted by atomic mass is 9.79. The Morgan fingerprint density at radius 3 is 2.67 bits per heavy atom. The zero-order chi connectivity index (χ0) is 10.9. The van der Waals surface area contributed by atoms with Gasteiger partial charge in [0, 0.05) is 44.2 Å². The highest BCUT2D eigenvalue weighted by Crippen LogP contribution is 2.39. The molecular weight excluding hydrogens is 186 g/mol. The zero-order valence-corrected chi connectivity index (χ0v) is 10.2. The summed E-state index contributed by atoms with van der Waals surface area (Å²) >= 11 is 0. The van der Waals surface area contributed by atoms with Gasteiger partial charge in [-0.1, -0.05) is 6.92 Å². The van der Waals surface area contributed by atoms with Crippen LogP contribution in [0.4, 0.5) is 0 Å². The Morgan fingerprint density at radius 1 is 1.33 bits per heavy atom. The van der Waals surface area contributed by atoms with E-state index < -0.39 is 0 Å². The van der Waals surface area contributed by atoms with Gasteiger partial charge in [-0.15, -0.1) is 0 Å². The molecule has 3 nitrogen and oxygen atoms in total. The van der Waals surface area contributed by atoms with Gasteiger partial charge in [-0.25, -0.2) is 0 Å². The molecule has 0 aromatic rings. The molecule has 1 atom stereocenters. The number of nitrogens with two attached hydrogens (primary N) is 1. The largest absolute Gasteiger partial charge is 0.329 e. The van der Waals surface area contributed by atoms with Gasteiger partial charge in [-0.3, -0.25) is 4.90 Å². The van der Waals surface area contributed by atoms with Crippen molar-refractivity contribution in [1.82, 2.24) is 9.80 Å². The fourth-order valence-electron chi connectivity index (χ4n) is 3.11. The fraction of sp³-hybridized carbons (Fsp3) is 1.00. The summed E-state index contributed by atoms with van der Waals surface area (Å²) in [7, 11) is 0. The summed E-state index contributed by atoms with van der Waals surface area (Å²) in [5, 5.41) is 0. The lowest BCUT2D eigenvalue weighted by Crippen LogP contribution is -2.58. The summed E-state index contributed by atoms with van der Waals surface area (Å²) in [6, 6.07) is 0.771. The van der Waals surface area contributed by atoms with Gasteiger partial charge in [0.1, 0.15) is 0 Å². The molecule has 0 bridgehead atoms. The van der Waals surface area contributed by atoms with E-state index >= 15 is 0 Å². The Hall–Kier alpha value is -0.120. The molecule has 0 radical (unpaired) electrons. The topological polar surface area (TPSA) is 32.5 Å². The molecule has 0 amide bonds. The number of hydrogen-bond donors (Lipinski definition) is 1. The van der Waals surface area contributed by atoms with Crippen molar-refractivity contribution in [3.63, 3.8) is 0 Å². The van der Waals surface area contributed by atoms with Gasteiger partial charge < -0.3 is 10.6 Å². The van der Waals surface area contributed by atoms with E-state index in [-0.39, 0.29) is 0 Å². The molecule has 88 valence electrons. The highest BCUT2D eigenvalue weighted by molar-refractivity contribution is 5.01. The fourth-order valence-corrected chi connectivity index (χ4v) is 3.11. The Kier molecular flexibility index (Phi) is 3.33. The lowest BCUT2D eigenvalue weighted by molar-refractivity contribution is 0.00821. The Morgan fingerprint density at radius 2 is 2.07 bits per heavy atom. The van der Waals surface area contributed by atoms with Crippen LogP contribution in [-0.2, 0) is 0 Å². The minimum absolute atomic E-state index is 0.638. The van der Waals surface area contributed by atoms with Gasteiger partial charge in [0.15, 0.2) is 0 Å². The molecule has 0 saturated carbocycles. The zero-order valence-electron chi connectivity index (χ0n) is 10.2. The molecule has 1 spiro atoms. The number of hydrogen-bond acceptors (Lipinski definition) is 3. The van der Waals surface area contributed by atoms with Crippen LogP contribution in [0, 0.1) is 5.41 Å². The maximum Gasteiger partial charge on any atom is 0.0105 e. The standard InChI is InChI=1S/C12H25N3/c1-3-11(2)15-6-4-12(10-15)8-14(9-12)7-5-13/h11H,3-10,13H2,1-2H3. The van der Waals surface area contributed by atoms with Crippen molar-refractivity contribution in [2.24, 2.45) is 11.1 Å². The number of rotatable bonds is 4. The van der Waals surface area contributed by atoms with Crippen LogP contribution < -0.4 is 5.73 Å². The van der Waals surface area contributed by atoms with Gasteiger partial charge >= 0.3 is 0 Å². The van der Waals surface area contributed by atoms with Crippen molar-refractivity contribution >= 4 is 0 Å². The molecule has 0 aliphatic carbocycles. The molecular formula is C12H25N3. The molecule has 2 aliphatic rings. The first-order valence-electron chi connectivity index (χ1n) is 6.35. The van der Waals surface area contributed by atoms with Crippen molar-refractivity contribution in [2.45, 2.75) is 32.7 Å². The van der Waals surface area contributed by atoms with E-state index in [0.717, 1.165) is 19.1 Å². The molecule has 2 N–H and O–H groups in total. The Bertz CT molecular complexity index is 211. The average Bonchev–Trinajstić information content (AvgIpc) is 2.61. The predicted molar refractivity (Wildman–Crippen MR) is 63.9 cm³/mol. The second-order valence-corrected chi connectivity index (χ2v) is 5.48. The third kappa shape index (κ3) is 2.19. The highest BCUT2D eigenvalue weighted by Gasteiger charge is 2.47. The Balaban J connectivity index is 1.79. The van der Waals surface area contributed by atoms with E-state index in [1.165, 1.54) is 39.0 Å². The van der Waals surface area contributed by atoms with Crippen LogP contribution in [0.3, 0.4) is 0 Å².